The standard InChI is InChI=1S/C33H37N7O4/c1-22(23(2)41)6-3-4-20-34-30(42)7-5-21-43-29-18-16-25(17-19-29)24-8-10-26(11-9-24)31-35-33(44-38-31)28-14-12-27(13-15-28)32-36-39-40-37-32/h8-19,22,39-40H,3-7,20-21H2,1-2H3,(H,34,42)(H,36,37)/t22-/m0/s1. The summed E-state index contributed by atoms with van der Waals surface area (Å²) in [6, 6.07) is 23.6. The zero-order valence-electron chi connectivity index (χ0n) is 24.9. The summed E-state index contributed by atoms with van der Waals surface area (Å²) in [7, 11) is 0. The maximum absolute atomic E-state index is 12.1. The van der Waals surface area contributed by atoms with Crippen LogP contribution in [-0.2, 0) is 9.59 Å². The highest BCUT2D eigenvalue weighted by Crippen LogP contribution is 2.27. The molecule has 0 saturated carbocycles. The first kappa shape index (κ1) is 30.4. The maximum Gasteiger partial charge on any atom is 0.258 e. The minimum Gasteiger partial charge on any atom is -0.494 e. The Labute approximate surface area is 256 Å². The van der Waals surface area contributed by atoms with E-state index >= 15 is 0 Å². The SMILES string of the molecule is CC(=O)[C@@H](C)CCCCNC(=O)CCCOc1ccc(-c2ccc(-c3noc(-c4ccc(C5=NNNN5)cc4)n3)cc2)cc1. The number of benzene rings is 3. The van der Waals surface area contributed by atoms with Crippen LogP contribution in [0.15, 0.2) is 82.4 Å². The van der Waals surface area contributed by atoms with Gasteiger partial charge in [-0.1, -0.05) is 67.0 Å². The number of amides is 1. The number of hydrazone groups is 1. The Morgan fingerprint density at radius 2 is 1.52 bits per heavy atom. The number of carbonyl (C=O) groups is 2. The Morgan fingerprint density at radius 1 is 0.864 bits per heavy atom. The summed E-state index contributed by atoms with van der Waals surface area (Å²) in [5.41, 5.74) is 13.0. The number of hydrazine groups is 2. The van der Waals surface area contributed by atoms with E-state index in [-0.39, 0.29) is 17.6 Å². The molecule has 1 aromatic heterocycles. The van der Waals surface area contributed by atoms with Crippen LogP contribution in [0.2, 0.25) is 0 Å². The number of unbranched alkanes of at least 4 members (excludes halogenated alkanes) is 1. The van der Waals surface area contributed by atoms with E-state index in [1.165, 1.54) is 0 Å². The van der Waals surface area contributed by atoms with Crippen molar-refractivity contribution in [1.82, 2.24) is 32.0 Å². The van der Waals surface area contributed by atoms with Crippen LogP contribution in [-0.4, -0.2) is 40.8 Å². The number of nitrogens with one attached hydrogen (secondary N) is 4. The molecular weight excluding hydrogens is 558 g/mol. The number of hydrogen-bond donors (Lipinski definition) is 4. The van der Waals surface area contributed by atoms with Gasteiger partial charge in [-0.05, 0) is 61.6 Å². The average Bonchev–Trinajstić information content (AvgIpc) is 3.77. The number of Topliss-reactive ketones (excluding diaryl/α,β-unsaturated/α-hetero) is 1. The molecule has 11 heteroatoms. The molecule has 1 atom stereocenters. The van der Waals surface area contributed by atoms with Crippen molar-refractivity contribution >= 4 is 17.5 Å². The number of amidine groups is 1. The number of ether oxygens (including phenoxy) is 1. The molecule has 44 heavy (non-hydrogen) atoms. The molecule has 4 N–H and O–H groups in total. The third-order valence-electron chi connectivity index (χ3n) is 7.46. The fraction of sp³-hybridized carbons (Fsp3) is 0.303. The van der Waals surface area contributed by atoms with Gasteiger partial charge in [0.05, 0.1) is 6.61 Å². The van der Waals surface area contributed by atoms with Gasteiger partial charge in [0.15, 0.2) is 5.84 Å². The molecular formula is C33H37N7O4. The van der Waals surface area contributed by atoms with Gasteiger partial charge in [0.1, 0.15) is 11.5 Å². The number of rotatable bonds is 15. The highest BCUT2D eigenvalue weighted by molar-refractivity contribution is 5.99. The van der Waals surface area contributed by atoms with E-state index in [0.717, 1.165) is 52.8 Å². The quantitative estimate of drug-likeness (QED) is 0.139. The van der Waals surface area contributed by atoms with Crippen LogP contribution in [0.1, 0.15) is 51.5 Å². The summed E-state index contributed by atoms with van der Waals surface area (Å²) in [5, 5.41) is 11.2. The van der Waals surface area contributed by atoms with E-state index in [9.17, 15) is 9.59 Å². The molecule has 0 unspecified atom stereocenters. The molecule has 0 spiro atoms. The van der Waals surface area contributed by atoms with E-state index in [2.05, 4.69) is 37.1 Å². The molecule has 3 aromatic carbocycles. The molecule has 1 aliphatic heterocycles. The first-order valence-electron chi connectivity index (χ1n) is 14.9. The van der Waals surface area contributed by atoms with Gasteiger partial charge >= 0.3 is 0 Å². The van der Waals surface area contributed by atoms with E-state index < -0.39 is 0 Å². The van der Waals surface area contributed by atoms with Crippen molar-refractivity contribution in [2.24, 2.45) is 11.0 Å². The summed E-state index contributed by atoms with van der Waals surface area (Å²) in [4.78, 5) is 27.9. The van der Waals surface area contributed by atoms with Gasteiger partial charge in [-0.15, -0.1) is 10.6 Å². The molecule has 5 rings (SSSR count). The smallest absolute Gasteiger partial charge is 0.258 e. The number of carbonyl (C=O) groups excluding carboxylic acids is 2. The number of aromatic nitrogens is 2. The van der Waals surface area contributed by atoms with E-state index in [0.29, 0.717) is 43.5 Å². The van der Waals surface area contributed by atoms with E-state index in [1.807, 2.05) is 79.7 Å². The lowest BCUT2D eigenvalue weighted by molar-refractivity contribution is -0.122. The van der Waals surface area contributed by atoms with E-state index in [4.69, 9.17) is 9.26 Å². The Morgan fingerprint density at radius 3 is 2.20 bits per heavy atom. The number of hydrogen-bond acceptors (Lipinski definition) is 10. The predicted octanol–water partition coefficient (Wildman–Crippen LogP) is 5.02. The largest absolute Gasteiger partial charge is 0.494 e. The number of nitrogens with zero attached hydrogens (tertiary/aromatic N) is 3. The van der Waals surface area contributed by atoms with Gasteiger partial charge in [0, 0.05) is 35.6 Å². The Hall–Kier alpha value is -5.03. The average molecular weight is 596 g/mol. The van der Waals surface area contributed by atoms with Crippen LogP contribution >= 0.6 is 0 Å². The lowest BCUT2D eigenvalue weighted by atomic mass is 10.0. The molecule has 1 aliphatic rings. The molecule has 0 saturated heterocycles. The third-order valence-corrected chi connectivity index (χ3v) is 7.46. The second-order valence-corrected chi connectivity index (χ2v) is 10.7. The topological polar surface area (TPSA) is 143 Å². The van der Waals surface area contributed by atoms with Gasteiger partial charge in [0.2, 0.25) is 11.7 Å². The fourth-order valence-corrected chi connectivity index (χ4v) is 4.64. The van der Waals surface area contributed by atoms with Gasteiger partial charge < -0.3 is 14.6 Å². The molecule has 0 radical (unpaired) electrons. The molecule has 2 heterocycles. The maximum atomic E-state index is 12.1. The van der Waals surface area contributed by atoms with E-state index in [1.54, 1.807) is 6.92 Å². The van der Waals surface area contributed by atoms with Crippen molar-refractivity contribution in [3.63, 3.8) is 0 Å². The van der Waals surface area contributed by atoms with Gasteiger partial charge in [-0.2, -0.15) is 4.98 Å². The van der Waals surface area contributed by atoms with Crippen LogP contribution in [0.3, 0.4) is 0 Å². The van der Waals surface area contributed by atoms with Crippen molar-refractivity contribution in [1.29, 1.82) is 0 Å². The van der Waals surface area contributed by atoms with Gasteiger partial charge in [-0.3, -0.25) is 15.0 Å². The summed E-state index contributed by atoms with van der Waals surface area (Å²) >= 11 is 0. The summed E-state index contributed by atoms with van der Waals surface area (Å²) < 4.78 is 11.3. The highest BCUT2D eigenvalue weighted by atomic mass is 16.5. The molecule has 0 fully saturated rings. The number of ketones is 1. The van der Waals surface area contributed by atoms with Gasteiger partial charge in [-0.25, -0.2) is 5.53 Å². The molecule has 1 amide bonds. The van der Waals surface area contributed by atoms with Crippen molar-refractivity contribution in [2.75, 3.05) is 13.2 Å². The molecule has 0 aliphatic carbocycles. The zero-order valence-corrected chi connectivity index (χ0v) is 24.9. The first-order valence-corrected chi connectivity index (χ1v) is 14.9. The predicted molar refractivity (Wildman–Crippen MR) is 168 cm³/mol. The molecule has 0 bridgehead atoms. The van der Waals surface area contributed by atoms with Crippen molar-refractivity contribution in [3.8, 4) is 39.7 Å². The minimum atomic E-state index is 0.0294. The second kappa shape index (κ2) is 14.9. The molecule has 4 aromatic rings. The fourth-order valence-electron chi connectivity index (χ4n) is 4.64. The van der Waals surface area contributed by atoms with Crippen molar-refractivity contribution in [2.45, 2.75) is 46.0 Å². The van der Waals surface area contributed by atoms with Gasteiger partial charge in [0.25, 0.3) is 5.89 Å². The Balaban J connectivity index is 1.04. The minimum absolute atomic E-state index is 0.0294. The second-order valence-electron chi connectivity index (χ2n) is 10.7. The molecule has 228 valence electrons. The lowest BCUT2D eigenvalue weighted by Crippen LogP contribution is -2.35. The molecule has 11 nitrogen and oxygen atoms in total. The third kappa shape index (κ3) is 8.29. The first-order chi connectivity index (χ1) is 21.5. The summed E-state index contributed by atoms with van der Waals surface area (Å²) in [6.07, 6.45) is 3.75. The van der Waals surface area contributed by atoms with Crippen LogP contribution in [0.5, 0.6) is 5.75 Å². The monoisotopic (exact) mass is 595 g/mol. The van der Waals surface area contributed by atoms with Crippen molar-refractivity contribution < 1.29 is 18.8 Å². The summed E-state index contributed by atoms with van der Waals surface area (Å²) in [5.74, 6) is 2.76. The van der Waals surface area contributed by atoms with Crippen LogP contribution in [0, 0.1) is 5.92 Å². The van der Waals surface area contributed by atoms with Crippen LogP contribution in [0.4, 0.5) is 0 Å². The van der Waals surface area contributed by atoms with Crippen LogP contribution < -0.4 is 26.5 Å². The normalized spacial score (nSPS) is 13.0. The Bertz CT molecular complexity index is 1570. The van der Waals surface area contributed by atoms with Crippen LogP contribution in [0.25, 0.3) is 34.0 Å². The zero-order chi connectivity index (χ0) is 30.7. The Kier molecular flexibility index (Phi) is 10.3. The lowest BCUT2D eigenvalue weighted by Gasteiger charge is -2.09. The summed E-state index contributed by atoms with van der Waals surface area (Å²) in [6.45, 7) is 4.68. The van der Waals surface area contributed by atoms with Crippen molar-refractivity contribution in [3.05, 3.63) is 78.4 Å². The highest BCUT2D eigenvalue weighted by Gasteiger charge is 2.13.